The minimum Gasteiger partial charge on any atom is -0.478 e. The molecule has 2 aromatic carbocycles. The summed E-state index contributed by atoms with van der Waals surface area (Å²) in [6, 6.07) is 16.2. The van der Waals surface area contributed by atoms with E-state index in [1.54, 1.807) is 61.5 Å². The standard InChI is InChI=1S/C24H18N2O6/c1-14-20(22(27)26(25-14)18-9-7-17(8-10-18)24(30)31-2)13-19-11-12-21(32-19)15-3-5-16(6-4-15)23(28)29/h3-13H,1-2H3,(H,28,29). The summed E-state index contributed by atoms with van der Waals surface area (Å²) >= 11 is 0. The van der Waals surface area contributed by atoms with Gasteiger partial charge in [-0.3, -0.25) is 4.79 Å². The van der Waals surface area contributed by atoms with Crippen LogP contribution in [0.15, 0.2) is 75.8 Å². The molecule has 0 spiro atoms. The van der Waals surface area contributed by atoms with Gasteiger partial charge in [0.2, 0.25) is 0 Å². The first-order chi connectivity index (χ1) is 15.4. The summed E-state index contributed by atoms with van der Waals surface area (Å²) in [7, 11) is 1.30. The molecule has 160 valence electrons. The molecule has 0 bridgehead atoms. The second kappa shape index (κ2) is 8.35. The first-order valence-corrected chi connectivity index (χ1v) is 9.61. The van der Waals surface area contributed by atoms with E-state index in [2.05, 4.69) is 9.84 Å². The van der Waals surface area contributed by atoms with Crippen LogP contribution in [0.4, 0.5) is 5.69 Å². The van der Waals surface area contributed by atoms with Gasteiger partial charge in [-0.25, -0.2) is 9.59 Å². The first kappa shape index (κ1) is 20.8. The topological polar surface area (TPSA) is 109 Å². The van der Waals surface area contributed by atoms with Crippen molar-refractivity contribution in [2.45, 2.75) is 6.92 Å². The van der Waals surface area contributed by atoms with Crippen LogP contribution in [0.25, 0.3) is 17.4 Å². The van der Waals surface area contributed by atoms with E-state index >= 15 is 0 Å². The third-order valence-corrected chi connectivity index (χ3v) is 4.93. The number of ether oxygens (including phenoxy) is 1. The molecule has 0 fully saturated rings. The van der Waals surface area contributed by atoms with Crippen molar-refractivity contribution in [3.05, 3.63) is 83.1 Å². The molecule has 0 unspecified atom stereocenters. The normalized spacial score (nSPS) is 14.6. The van der Waals surface area contributed by atoms with Crippen LogP contribution in [0.2, 0.25) is 0 Å². The summed E-state index contributed by atoms with van der Waals surface area (Å²) in [5, 5.41) is 14.6. The van der Waals surface area contributed by atoms with E-state index in [0.29, 0.717) is 34.1 Å². The van der Waals surface area contributed by atoms with Crippen LogP contribution < -0.4 is 5.01 Å². The molecule has 0 aliphatic carbocycles. The Morgan fingerprint density at radius 1 is 1.00 bits per heavy atom. The highest BCUT2D eigenvalue weighted by molar-refractivity contribution is 6.32. The molecular weight excluding hydrogens is 412 g/mol. The fourth-order valence-corrected chi connectivity index (χ4v) is 3.22. The number of carbonyl (C=O) groups excluding carboxylic acids is 2. The molecular formula is C24H18N2O6. The number of anilines is 1. The molecule has 0 atom stereocenters. The van der Waals surface area contributed by atoms with Crippen LogP contribution in [-0.4, -0.2) is 35.8 Å². The highest BCUT2D eigenvalue weighted by Gasteiger charge is 2.29. The van der Waals surface area contributed by atoms with Gasteiger partial charge in [0.25, 0.3) is 5.91 Å². The number of nitrogens with zero attached hydrogens (tertiary/aromatic N) is 2. The van der Waals surface area contributed by atoms with Gasteiger partial charge in [0.05, 0.1) is 35.2 Å². The van der Waals surface area contributed by atoms with Gasteiger partial charge in [-0.05, 0) is 61.5 Å². The van der Waals surface area contributed by atoms with Crippen LogP contribution in [0.3, 0.4) is 0 Å². The van der Waals surface area contributed by atoms with Gasteiger partial charge >= 0.3 is 11.9 Å². The molecule has 2 heterocycles. The summed E-state index contributed by atoms with van der Waals surface area (Å²) in [6.45, 7) is 1.72. The molecule has 1 aliphatic heterocycles. The predicted octanol–water partition coefficient (Wildman–Crippen LogP) is 4.24. The number of amides is 1. The molecule has 8 heteroatoms. The smallest absolute Gasteiger partial charge is 0.337 e. The zero-order valence-electron chi connectivity index (χ0n) is 17.2. The molecule has 0 saturated carbocycles. The minimum absolute atomic E-state index is 0.186. The van der Waals surface area contributed by atoms with Gasteiger partial charge in [0.1, 0.15) is 11.5 Å². The minimum atomic E-state index is -1.000. The molecule has 3 aromatic rings. The molecule has 1 aromatic heterocycles. The maximum Gasteiger partial charge on any atom is 0.337 e. The highest BCUT2D eigenvalue weighted by atomic mass is 16.5. The second-order valence-corrected chi connectivity index (χ2v) is 6.98. The first-order valence-electron chi connectivity index (χ1n) is 9.61. The summed E-state index contributed by atoms with van der Waals surface area (Å²) in [4.78, 5) is 35.5. The number of methoxy groups -OCH3 is 1. The number of benzene rings is 2. The molecule has 32 heavy (non-hydrogen) atoms. The van der Waals surface area contributed by atoms with Gasteiger partial charge in [-0.15, -0.1) is 0 Å². The van der Waals surface area contributed by atoms with Gasteiger partial charge in [-0.2, -0.15) is 10.1 Å². The van der Waals surface area contributed by atoms with Gasteiger partial charge < -0.3 is 14.3 Å². The van der Waals surface area contributed by atoms with Crippen molar-refractivity contribution in [1.29, 1.82) is 0 Å². The van der Waals surface area contributed by atoms with Gasteiger partial charge in [0, 0.05) is 5.56 Å². The Kier molecular flexibility index (Phi) is 5.43. The zero-order valence-corrected chi connectivity index (χ0v) is 17.2. The van der Waals surface area contributed by atoms with Crippen molar-refractivity contribution in [3.63, 3.8) is 0 Å². The van der Waals surface area contributed by atoms with Crippen LogP contribution in [0, 0.1) is 0 Å². The molecule has 0 radical (unpaired) electrons. The van der Waals surface area contributed by atoms with Crippen molar-refractivity contribution < 1.29 is 28.6 Å². The molecule has 1 amide bonds. The quantitative estimate of drug-likeness (QED) is 0.479. The summed E-state index contributed by atoms with van der Waals surface area (Å²) in [6.07, 6.45) is 1.61. The maximum absolute atomic E-state index is 12.9. The van der Waals surface area contributed by atoms with Crippen molar-refractivity contribution >= 4 is 35.3 Å². The van der Waals surface area contributed by atoms with E-state index in [4.69, 9.17) is 9.52 Å². The zero-order chi connectivity index (χ0) is 22.8. The molecule has 8 nitrogen and oxygen atoms in total. The largest absolute Gasteiger partial charge is 0.478 e. The number of carbonyl (C=O) groups is 3. The van der Waals surface area contributed by atoms with Crippen molar-refractivity contribution in [1.82, 2.24) is 0 Å². The van der Waals surface area contributed by atoms with E-state index in [9.17, 15) is 14.4 Å². The number of carboxylic acids is 1. The number of furan rings is 1. The van der Waals surface area contributed by atoms with Crippen LogP contribution >= 0.6 is 0 Å². The average Bonchev–Trinajstić information content (AvgIpc) is 3.39. The lowest BCUT2D eigenvalue weighted by Crippen LogP contribution is -2.21. The lowest BCUT2D eigenvalue weighted by atomic mass is 10.1. The fraction of sp³-hybridized carbons (Fsp3) is 0.0833. The van der Waals surface area contributed by atoms with Gasteiger partial charge in [-0.1, -0.05) is 12.1 Å². The Hall–Kier alpha value is -4.46. The lowest BCUT2D eigenvalue weighted by Gasteiger charge is -2.12. The van der Waals surface area contributed by atoms with Crippen molar-refractivity contribution in [3.8, 4) is 11.3 Å². The maximum atomic E-state index is 12.9. The summed E-state index contributed by atoms with van der Waals surface area (Å²) in [5.41, 5.74) is 2.70. The Bertz CT molecular complexity index is 1270. The van der Waals surface area contributed by atoms with E-state index in [-0.39, 0.29) is 11.5 Å². The van der Waals surface area contributed by atoms with Crippen LogP contribution in [-0.2, 0) is 9.53 Å². The van der Waals surface area contributed by atoms with Crippen LogP contribution in [0.1, 0.15) is 33.4 Å². The monoisotopic (exact) mass is 430 g/mol. The molecule has 4 rings (SSSR count). The Morgan fingerprint density at radius 2 is 1.66 bits per heavy atom. The number of hydrogen-bond donors (Lipinski definition) is 1. The molecule has 0 saturated heterocycles. The van der Waals surface area contributed by atoms with E-state index < -0.39 is 11.9 Å². The van der Waals surface area contributed by atoms with Crippen LogP contribution in [0.5, 0.6) is 0 Å². The Morgan fingerprint density at radius 3 is 2.28 bits per heavy atom. The fourth-order valence-electron chi connectivity index (χ4n) is 3.22. The predicted molar refractivity (Wildman–Crippen MR) is 117 cm³/mol. The van der Waals surface area contributed by atoms with Crippen molar-refractivity contribution in [2.75, 3.05) is 12.1 Å². The van der Waals surface area contributed by atoms with E-state index in [0.717, 1.165) is 5.56 Å². The molecule has 1 aliphatic rings. The van der Waals surface area contributed by atoms with E-state index in [1.807, 2.05) is 0 Å². The summed E-state index contributed by atoms with van der Waals surface area (Å²) < 4.78 is 10.5. The Labute approximate surface area is 183 Å². The number of carboxylic acid groups (broad SMARTS) is 1. The SMILES string of the molecule is COC(=O)c1ccc(N2N=C(C)C(=Cc3ccc(-c4ccc(C(=O)O)cc4)o3)C2=O)cc1. The lowest BCUT2D eigenvalue weighted by molar-refractivity contribution is -0.114. The molecule has 1 N–H and O–H groups in total. The van der Waals surface area contributed by atoms with E-state index in [1.165, 1.54) is 24.3 Å². The summed E-state index contributed by atoms with van der Waals surface area (Å²) in [5.74, 6) is -0.777. The number of rotatable bonds is 5. The third-order valence-electron chi connectivity index (χ3n) is 4.93. The Balaban J connectivity index is 1.55. The van der Waals surface area contributed by atoms with Crippen molar-refractivity contribution in [2.24, 2.45) is 5.10 Å². The second-order valence-electron chi connectivity index (χ2n) is 6.98. The number of hydrogen-bond acceptors (Lipinski definition) is 6. The average molecular weight is 430 g/mol. The highest BCUT2D eigenvalue weighted by Crippen LogP contribution is 2.28. The number of hydrazone groups is 1. The number of esters is 1. The van der Waals surface area contributed by atoms with Gasteiger partial charge in [0.15, 0.2) is 0 Å². The third kappa shape index (κ3) is 3.93. The number of aromatic carboxylic acids is 1.